The molecule has 0 spiro atoms. The van der Waals surface area contributed by atoms with Crippen LogP contribution < -0.4 is 19.1 Å². The molecule has 0 unspecified atom stereocenters. The molecule has 0 saturated carbocycles. The first-order valence-electron chi connectivity index (χ1n) is 12.6. The van der Waals surface area contributed by atoms with E-state index < -0.39 is 34.3 Å². The van der Waals surface area contributed by atoms with Crippen molar-refractivity contribution in [2.75, 3.05) is 30.6 Å². The summed E-state index contributed by atoms with van der Waals surface area (Å²) >= 11 is 3.38. The molecule has 212 valence electrons. The van der Waals surface area contributed by atoms with Gasteiger partial charge in [-0.1, -0.05) is 28.1 Å². The Bertz CT molecular complexity index is 1470. The highest BCUT2D eigenvalue weighted by Gasteiger charge is 2.33. The predicted octanol–water partition coefficient (Wildman–Crippen LogP) is 4.11. The molecule has 0 saturated heterocycles. The molecule has 0 aliphatic carbocycles. The van der Waals surface area contributed by atoms with Gasteiger partial charge in [0.2, 0.25) is 11.8 Å². The van der Waals surface area contributed by atoms with Gasteiger partial charge in [0, 0.05) is 23.6 Å². The molecule has 4 rings (SSSR count). The molecule has 0 aromatic heterocycles. The van der Waals surface area contributed by atoms with Crippen LogP contribution in [0.15, 0.2) is 76.1 Å². The van der Waals surface area contributed by atoms with Crippen LogP contribution in [-0.4, -0.2) is 57.5 Å². The van der Waals surface area contributed by atoms with Crippen molar-refractivity contribution in [3.05, 3.63) is 82.6 Å². The molecule has 3 aromatic carbocycles. The summed E-state index contributed by atoms with van der Waals surface area (Å²) < 4.78 is 54.5. The second kappa shape index (κ2) is 12.7. The Morgan fingerprint density at radius 2 is 1.65 bits per heavy atom. The first kappa shape index (κ1) is 29.3. The lowest BCUT2D eigenvalue weighted by molar-refractivity contribution is -0.139. The van der Waals surface area contributed by atoms with Crippen LogP contribution in [0.3, 0.4) is 0 Å². The molecule has 3 aromatic rings. The van der Waals surface area contributed by atoms with Crippen LogP contribution in [0.25, 0.3) is 0 Å². The minimum Gasteiger partial charge on any atom is -0.486 e. The maximum Gasteiger partial charge on any atom is 0.264 e. The van der Waals surface area contributed by atoms with Gasteiger partial charge < -0.3 is 19.7 Å². The fourth-order valence-corrected chi connectivity index (χ4v) is 5.83. The number of carbonyl (C=O) groups is 2. The van der Waals surface area contributed by atoms with E-state index in [2.05, 4.69) is 21.2 Å². The first-order valence-corrected chi connectivity index (χ1v) is 14.8. The Balaban J connectivity index is 1.71. The number of fused-ring (bicyclic) bond motifs is 1. The van der Waals surface area contributed by atoms with E-state index in [-0.39, 0.29) is 35.4 Å². The van der Waals surface area contributed by atoms with Crippen LogP contribution in [0.1, 0.15) is 19.4 Å². The van der Waals surface area contributed by atoms with Crippen molar-refractivity contribution in [3.63, 3.8) is 0 Å². The largest absolute Gasteiger partial charge is 0.486 e. The summed E-state index contributed by atoms with van der Waals surface area (Å²) in [7, 11) is -4.34. The number of rotatable bonds is 10. The molecule has 12 heteroatoms. The summed E-state index contributed by atoms with van der Waals surface area (Å²) in [4.78, 5) is 27.8. The van der Waals surface area contributed by atoms with Crippen molar-refractivity contribution in [3.8, 4) is 11.5 Å². The molecular weight excluding hydrogens is 605 g/mol. The summed E-state index contributed by atoms with van der Waals surface area (Å²) in [6, 6.07) is 15.3. The number of sulfonamides is 1. The third-order valence-electron chi connectivity index (χ3n) is 6.28. The van der Waals surface area contributed by atoms with Crippen molar-refractivity contribution in [2.45, 2.75) is 31.3 Å². The van der Waals surface area contributed by atoms with Crippen molar-refractivity contribution >= 4 is 43.5 Å². The number of likely N-dealkylation sites (N-methyl/N-ethyl adjacent to an activating group) is 1. The SMILES string of the molecule is CCNC(=O)[C@@H](C)N(Cc1ccc(Br)cc1)C(=O)CN(c1ccc(F)cc1)S(=O)(=O)c1ccc2c(c1)OCCO2. The van der Waals surface area contributed by atoms with E-state index in [9.17, 15) is 22.4 Å². The fourth-order valence-electron chi connectivity index (χ4n) is 4.14. The van der Waals surface area contributed by atoms with E-state index in [1.807, 2.05) is 12.1 Å². The molecule has 9 nitrogen and oxygen atoms in total. The highest BCUT2D eigenvalue weighted by atomic mass is 79.9. The van der Waals surface area contributed by atoms with Gasteiger partial charge in [-0.05, 0) is 67.9 Å². The molecular formula is C28H29BrFN3O6S. The Labute approximate surface area is 241 Å². The number of anilines is 1. The van der Waals surface area contributed by atoms with Gasteiger partial charge in [-0.3, -0.25) is 13.9 Å². The normalized spacial score (nSPS) is 13.3. The fraction of sp³-hybridized carbons (Fsp3) is 0.286. The Morgan fingerprint density at radius 3 is 2.30 bits per heavy atom. The lowest BCUT2D eigenvalue weighted by Gasteiger charge is -2.32. The molecule has 2 amide bonds. The molecule has 1 aliphatic heterocycles. The molecule has 40 heavy (non-hydrogen) atoms. The van der Waals surface area contributed by atoms with Crippen molar-refractivity contribution in [2.24, 2.45) is 0 Å². The zero-order valence-electron chi connectivity index (χ0n) is 22.0. The van der Waals surface area contributed by atoms with Crippen molar-refractivity contribution in [1.82, 2.24) is 10.2 Å². The molecule has 0 radical (unpaired) electrons. The van der Waals surface area contributed by atoms with E-state index in [4.69, 9.17) is 9.47 Å². The number of amides is 2. The number of nitrogens with one attached hydrogen (secondary N) is 1. The number of carbonyl (C=O) groups excluding carboxylic acids is 2. The molecule has 1 atom stereocenters. The van der Waals surface area contributed by atoms with E-state index in [0.29, 0.717) is 18.9 Å². The Hall–Kier alpha value is -3.64. The zero-order valence-corrected chi connectivity index (χ0v) is 24.4. The van der Waals surface area contributed by atoms with Crippen LogP contribution in [0.2, 0.25) is 0 Å². The van der Waals surface area contributed by atoms with Gasteiger partial charge in [0.15, 0.2) is 11.5 Å². The van der Waals surface area contributed by atoms with Crippen LogP contribution in [0.4, 0.5) is 10.1 Å². The van der Waals surface area contributed by atoms with Gasteiger partial charge in [0.1, 0.15) is 31.6 Å². The smallest absolute Gasteiger partial charge is 0.264 e. The van der Waals surface area contributed by atoms with Gasteiger partial charge in [-0.15, -0.1) is 0 Å². The highest BCUT2D eigenvalue weighted by Crippen LogP contribution is 2.34. The molecule has 0 bridgehead atoms. The summed E-state index contributed by atoms with van der Waals surface area (Å²) in [6.07, 6.45) is 0. The van der Waals surface area contributed by atoms with Gasteiger partial charge >= 0.3 is 0 Å². The van der Waals surface area contributed by atoms with Crippen molar-refractivity contribution in [1.29, 1.82) is 0 Å². The summed E-state index contributed by atoms with van der Waals surface area (Å²) in [5, 5.41) is 2.71. The minimum atomic E-state index is -4.34. The van der Waals surface area contributed by atoms with Gasteiger partial charge in [0.05, 0.1) is 10.6 Å². The molecule has 0 fully saturated rings. The average molecular weight is 635 g/mol. The number of hydrogen-bond donors (Lipinski definition) is 1. The van der Waals surface area contributed by atoms with Crippen LogP contribution in [0.5, 0.6) is 11.5 Å². The Kier molecular flexibility index (Phi) is 9.31. The maximum absolute atomic E-state index is 13.9. The maximum atomic E-state index is 13.9. The van der Waals surface area contributed by atoms with Crippen LogP contribution >= 0.6 is 15.9 Å². The number of nitrogens with zero attached hydrogens (tertiary/aromatic N) is 2. The average Bonchev–Trinajstić information content (AvgIpc) is 2.95. The second-order valence-corrected chi connectivity index (χ2v) is 11.8. The standard InChI is InChI=1S/C28H29BrFN3O6S/c1-3-31-28(35)19(2)32(17-20-4-6-21(29)7-5-20)27(34)18-33(23-10-8-22(30)9-11-23)40(36,37)24-12-13-25-26(16-24)39-15-14-38-25/h4-13,16,19H,3,14-15,17-18H2,1-2H3,(H,31,35)/t19-/m1/s1. The number of ether oxygens (including phenoxy) is 2. The predicted molar refractivity (Wildman–Crippen MR) is 151 cm³/mol. The second-order valence-electron chi connectivity index (χ2n) is 9.01. The highest BCUT2D eigenvalue weighted by molar-refractivity contribution is 9.10. The molecule has 1 N–H and O–H groups in total. The zero-order chi connectivity index (χ0) is 28.9. The van der Waals surface area contributed by atoms with Gasteiger partial charge in [-0.2, -0.15) is 0 Å². The van der Waals surface area contributed by atoms with E-state index in [1.54, 1.807) is 26.0 Å². The van der Waals surface area contributed by atoms with E-state index >= 15 is 0 Å². The third kappa shape index (κ3) is 6.73. The topological polar surface area (TPSA) is 105 Å². The summed E-state index contributed by atoms with van der Waals surface area (Å²) in [5.41, 5.74) is 0.828. The first-order chi connectivity index (χ1) is 19.1. The minimum absolute atomic E-state index is 0.0613. The third-order valence-corrected chi connectivity index (χ3v) is 8.58. The van der Waals surface area contributed by atoms with Gasteiger partial charge in [-0.25, -0.2) is 12.8 Å². The van der Waals surface area contributed by atoms with Crippen LogP contribution in [0, 0.1) is 5.82 Å². The number of benzene rings is 3. The van der Waals surface area contributed by atoms with E-state index in [0.717, 1.165) is 26.5 Å². The number of hydrogen-bond acceptors (Lipinski definition) is 6. The molecule has 1 aliphatic rings. The van der Waals surface area contributed by atoms with E-state index in [1.165, 1.54) is 35.2 Å². The van der Waals surface area contributed by atoms with Crippen LogP contribution in [-0.2, 0) is 26.2 Å². The quantitative estimate of drug-likeness (QED) is 0.360. The van der Waals surface area contributed by atoms with Crippen molar-refractivity contribution < 1.29 is 31.9 Å². The summed E-state index contributed by atoms with van der Waals surface area (Å²) in [5.74, 6) is -0.887. The Morgan fingerprint density at radius 1 is 1.00 bits per heavy atom. The summed E-state index contributed by atoms with van der Waals surface area (Å²) in [6.45, 7) is 3.74. The van der Waals surface area contributed by atoms with Gasteiger partial charge in [0.25, 0.3) is 10.0 Å². The lowest BCUT2D eigenvalue weighted by Crippen LogP contribution is -2.51. The monoisotopic (exact) mass is 633 g/mol. The number of halogens is 2. The lowest BCUT2D eigenvalue weighted by atomic mass is 10.1. The molecule has 1 heterocycles.